The van der Waals surface area contributed by atoms with Crippen LogP contribution in [0.5, 0.6) is 5.75 Å². The number of hydrogen-bond acceptors (Lipinski definition) is 5. The average Bonchev–Trinajstić information content (AvgIpc) is 2.39. The zero-order valence-electron chi connectivity index (χ0n) is 11.1. The van der Waals surface area contributed by atoms with Crippen LogP contribution < -0.4 is 9.46 Å². The van der Waals surface area contributed by atoms with Gasteiger partial charge in [0.05, 0.1) is 32.7 Å². The van der Waals surface area contributed by atoms with E-state index < -0.39 is 10.0 Å². The number of benzene rings is 1. The molecule has 1 aromatic rings. The molecule has 6 nitrogen and oxygen atoms in total. The molecule has 0 aliphatic heterocycles. The molecule has 0 bridgehead atoms. The highest BCUT2D eigenvalue weighted by Gasteiger charge is 2.10. The largest absolute Gasteiger partial charge is 0.497 e. The molecule has 7 heteroatoms. The highest BCUT2D eigenvalue weighted by atomic mass is 32.2. The van der Waals surface area contributed by atoms with Crippen LogP contribution in [0.15, 0.2) is 24.3 Å². The van der Waals surface area contributed by atoms with Gasteiger partial charge in [0.1, 0.15) is 5.75 Å². The lowest BCUT2D eigenvalue weighted by molar-refractivity contribution is 0.0785. The van der Waals surface area contributed by atoms with E-state index in [4.69, 9.17) is 14.2 Å². The van der Waals surface area contributed by atoms with Crippen LogP contribution in [0.25, 0.3) is 0 Å². The molecule has 1 aromatic carbocycles. The molecule has 0 unspecified atom stereocenters. The SMILES string of the molecule is COCCOCCS(=O)(=O)Nc1ccc(OC)cc1. The van der Waals surface area contributed by atoms with Crippen LogP contribution in [0.3, 0.4) is 0 Å². The molecule has 1 rings (SSSR count). The molecule has 0 saturated heterocycles. The molecule has 0 heterocycles. The summed E-state index contributed by atoms with van der Waals surface area (Å²) in [5.74, 6) is 0.578. The van der Waals surface area contributed by atoms with Gasteiger partial charge in [-0.05, 0) is 24.3 Å². The minimum Gasteiger partial charge on any atom is -0.497 e. The molecular weight excluding hydrogens is 270 g/mol. The Balaban J connectivity index is 2.40. The number of hydrogen-bond donors (Lipinski definition) is 1. The van der Waals surface area contributed by atoms with Crippen LogP contribution in [-0.4, -0.2) is 48.2 Å². The molecular formula is C12H19NO5S. The Morgan fingerprint density at radius 3 is 2.32 bits per heavy atom. The molecule has 1 N–H and O–H groups in total. The summed E-state index contributed by atoms with van der Waals surface area (Å²) in [6.45, 7) is 0.968. The van der Waals surface area contributed by atoms with Gasteiger partial charge in [-0.15, -0.1) is 0 Å². The molecule has 0 amide bonds. The van der Waals surface area contributed by atoms with E-state index in [1.165, 1.54) is 0 Å². The molecule has 0 spiro atoms. The van der Waals surface area contributed by atoms with Gasteiger partial charge in [-0.25, -0.2) is 8.42 Å². The third kappa shape index (κ3) is 6.42. The Kier molecular flexibility index (Phi) is 6.61. The number of anilines is 1. The van der Waals surface area contributed by atoms with E-state index >= 15 is 0 Å². The minimum absolute atomic E-state index is 0.0945. The highest BCUT2D eigenvalue weighted by Crippen LogP contribution is 2.16. The summed E-state index contributed by atoms with van der Waals surface area (Å²) in [5.41, 5.74) is 0.498. The lowest BCUT2D eigenvalue weighted by atomic mass is 10.3. The average molecular weight is 289 g/mol. The van der Waals surface area contributed by atoms with Crippen LogP contribution in [-0.2, 0) is 19.5 Å². The van der Waals surface area contributed by atoms with Gasteiger partial charge in [0, 0.05) is 12.8 Å². The third-order valence-electron chi connectivity index (χ3n) is 2.29. The van der Waals surface area contributed by atoms with Gasteiger partial charge in [-0.2, -0.15) is 0 Å². The van der Waals surface area contributed by atoms with Crippen molar-refractivity contribution in [2.75, 3.05) is 44.5 Å². The van der Waals surface area contributed by atoms with Gasteiger partial charge in [0.15, 0.2) is 0 Å². The fourth-order valence-electron chi connectivity index (χ4n) is 1.30. The van der Waals surface area contributed by atoms with Gasteiger partial charge in [-0.1, -0.05) is 0 Å². The first-order valence-corrected chi connectivity index (χ1v) is 7.44. The number of rotatable bonds is 9. The molecule has 19 heavy (non-hydrogen) atoms. The second-order valence-corrected chi connectivity index (χ2v) is 5.60. The van der Waals surface area contributed by atoms with Gasteiger partial charge < -0.3 is 14.2 Å². The van der Waals surface area contributed by atoms with Gasteiger partial charge >= 0.3 is 0 Å². The Labute approximate surface area is 113 Å². The van der Waals surface area contributed by atoms with Crippen LogP contribution in [0.4, 0.5) is 5.69 Å². The van der Waals surface area contributed by atoms with Crippen molar-refractivity contribution in [1.29, 1.82) is 0 Å². The molecule has 108 valence electrons. The zero-order valence-corrected chi connectivity index (χ0v) is 11.9. The predicted molar refractivity (Wildman–Crippen MR) is 73.1 cm³/mol. The predicted octanol–water partition coefficient (Wildman–Crippen LogP) is 1.10. The maximum absolute atomic E-state index is 11.7. The quantitative estimate of drug-likeness (QED) is 0.689. The minimum atomic E-state index is -3.40. The first-order chi connectivity index (χ1) is 9.07. The first kappa shape index (κ1) is 15.7. The van der Waals surface area contributed by atoms with Gasteiger partial charge in [-0.3, -0.25) is 4.72 Å². The lowest BCUT2D eigenvalue weighted by Crippen LogP contribution is -2.20. The van der Waals surface area contributed by atoms with E-state index in [1.807, 2.05) is 0 Å². The van der Waals surface area contributed by atoms with E-state index in [-0.39, 0.29) is 12.4 Å². The monoisotopic (exact) mass is 289 g/mol. The summed E-state index contributed by atoms with van der Waals surface area (Å²) in [6.07, 6.45) is 0. The maximum Gasteiger partial charge on any atom is 0.234 e. The van der Waals surface area contributed by atoms with Crippen molar-refractivity contribution in [2.24, 2.45) is 0 Å². The number of methoxy groups -OCH3 is 2. The second-order valence-electron chi connectivity index (χ2n) is 3.75. The molecule has 0 aromatic heterocycles. The van der Waals surface area contributed by atoms with E-state index in [0.29, 0.717) is 24.7 Å². The fourth-order valence-corrected chi connectivity index (χ4v) is 2.24. The maximum atomic E-state index is 11.7. The van der Waals surface area contributed by atoms with Crippen molar-refractivity contribution < 1.29 is 22.6 Å². The van der Waals surface area contributed by atoms with Crippen molar-refractivity contribution in [3.05, 3.63) is 24.3 Å². The molecule has 0 atom stereocenters. The molecule has 0 fully saturated rings. The number of nitrogens with one attached hydrogen (secondary N) is 1. The topological polar surface area (TPSA) is 73.9 Å². The van der Waals surface area contributed by atoms with Crippen molar-refractivity contribution in [2.45, 2.75) is 0 Å². The number of sulfonamides is 1. The normalized spacial score (nSPS) is 11.3. The van der Waals surface area contributed by atoms with Gasteiger partial charge in [0.25, 0.3) is 0 Å². The van der Waals surface area contributed by atoms with Crippen LogP contribution in [0.1, 0.15) is 0 Å². The van der Waals surface area contributed by atoms with E-state index in [1.54, 1.807) is 38.5 Å². The van der Waals surface area contributed by atoms with Gasteiger partial charge in [0.2, 0.25) is 10.0 Å². The van der Waals surface area contributed by atoms with Crippen molar-refractivity contribution in [1.82, 2.24) is 0 Å². The molecule has 0 saturated carbocycles. The summed E-state index contributed by atoms with van der Waals surface area (Å²) in [6, 6.07) is 6.66. The number of ether oxygens (including phenoxy) is 3. The van der Waals surface area contributed by atoms with Crippen molar-refractivity contribution >= 4 is 15.7 Å². The summed E-state index contributed by atoms with van der Waals surface area (Å²) in [7, 11) is -0.285. The molecule has 0 radical (unpaired) electrons. The van der Waals surface area contributed by atoms with Crippen LogP contribution in [0.2, 0.25) is 0 Å². The third-order valence-corrected chi connectivity index (χ3v) is 3.54. The van der Waals surface area contributed by atoms with Crippen LogP contribution in [0, 0.1) is 0 Å². The Bertz CT molecular complexity index is 458. The van der Waals surface area contributed by atoms with Crippen molar-refractivity contribution in [3.8, 4) is 5.75 Å². The first-order valence-electron chi connectivity index (χ1n) is 5.78. The summed E-state index contributed by atoms with van der Waals surface area (Å²) < 4.78 is 40.8. The Morgan fingerprint density at radius 2 is 1.74 bits per heavy atom. The summed E-state index contributed by atoms with van der Waals surface area (Å²) in [5, 5.41) is 0. The fraction of sp³-hybridized carbons (Fsp3) is 0.500. The molecule has 0 aliphatic rings. The lowest BCUT2D eigenvalue weighted by Gasteiger charge is -2.09. The Hall–Kier alpha value is -1.31. The summed E-state index contributed by atoms with van der Waals surface area (Å²) in [4.78, 5) is 0. The van der Waals surface area contributed by atoms with E-state index in [0.717, 1.165) is 0 Å². The van der Waals surface area contributed by atoms with Crippen molar-refractivity contribution in [3.63, 3.8) is 0 Å². The standard InChI is InChI=1S/C12H19NO5S/c1-16-7-8-18-9-10-19(14,15)13-11-3-5-12(17-2)6-4-11/h3-6,13H,7-10H2,1-2H3. The second kappa shape index (κ2) is 7.98. The summed E-state index contributed by atoms with van der Waals surface area (Å²) >= 11 is 0. The molecule has 0 aliphatic carbocycles. The highest BCUT2D eigenvalue weighted by molar-refractivity contribution is 7.92. The Morgan fingerprint density at radius 1 is 1.05 bits per heavy atom. The van der Waals surface area contributed by atoms with Crippen LogP contribution >= 0.6 is 0 Å². The zero-order chi connectivity index (χ0) is 14.1. The van der Waals surface area contributed by atoms with E-state index in [2.05, 4.69) is 4.72 Å². The smallest absolute Gasteiger partial charge is 0.234 e. The van der Waals surface area contributed by atoms with E-state index in [9.17, 15) is 8.42 Å².